The van der Waals surface area contributed by atoms with Crippen LogP contribution in [-0.4, -0.2) is 37.2 Å². The second-order valence-corrected chi connectivity index (χ2v) is 6.37. The Bertz CT molecular complexity index is 550. The van der Waals surface area contributed by atoms with E-state index in [0.29, 0.717) is 18.7 Å². The number of carbonyl (C=O) groups is 2. The fourth-order valence-electron chi connectivity index (χ4n) is 3.30. The van der Waals surface area contributed by atoms with Crippen molar-refractivity contribution < 1.29 is 19.4 Å². The predicted octanol–water partition coefficient (Wildman–Crippen LogP) is 3.10. The number of methoxy groups -OCH3 is 1. The highest BCUT2D eigenvalue weighted by atomic mass is 16.5. The first kappa shape index (κ1) is 17.5. The van der Waals surface area contributed by atoms with E-state index in [0.717, 1.165) is 19.3 Å². The summed E-state index contributed by atoms with van der Waals surface area (Å²) in [5.41, 5.74) is 0.626. The molecule has 1 aliphatic carbocycles. The summed E-state index contributed by atoms with van der Waals surface area (Å²) in [6, 6.07) is 6.14. The Morgan fingerprint density at radius 3 is 2.57 bits per heavy atom. The van der Waals surface area contributed by atoms with Crippen molar-refractivity contribution >= 4 is 11.9 Å². The van der Waals surface area contributed by atoms with E-state index in [-0.39, 0.29) is 16.9 Å². The van der Waals surface area contributed by atoms with Crippen molar-refractivity contribution in [1.82, 2.24) is 5.32 Å². The van der Waals surface area contributed by atoms with Crippen LogP contribution in [0.3, 0.4) is 0 Å². The van der Waals surface area contributed by atoms with Gasteiger partial charge in [0, 0.05) is 25.8 Å². The summed E-state index contributed by atoms with van der Waals surface area (Å²) in [4.78, 5) is 23.3. The van der Waals surface area contributed by atoms with Gasteiger partial charge in [-0.25, -0.2) is 4.79 Å². The quantitative estimate of drug-likeness (QED) is 0.810. The van der Waals surface area contributed by atoms with Crippen LogP contribution in [0.15, 0.2) is 24.3 Å². The van der Waals surface area contributed by atoms with Crippen LogP contribution >= 0.6 is 0 Å². The van der Waals surface area contributed by atoms with Gasteiger partial charge in [-0.2, -0.15) is 0 Å². The number of carbonyl (C=O) groups excluding carboxylic acids is 1. The molecule has 0 aromatic heterocycles. The average Bonchev–Trinajstić information content (AvgIpc) is 2.59. The molecule has 2 rings (SSSR count). The first-order valence-corrected chi connectivity index (χ1v) is 8.17. The maximum absolute atomic E-state index is 12.3. The van der Waals surface area contributed by atoms with Crippen molar-refractivity contribution in [2.24, 2.45) is 5.41 Å². The number of benzene rings is 1. The number of ether oxygens (including phenoxy) is 1. The van der Waals surface area contributed by atoms with E-state index in [2.05, 4.69) is 5.32 Å². The van der Waals surface area contributed by atoms with Crippen molar-refractivity contribution in [3.63, 3.8) is 0 Å². The molecule has 0 heterocycles. The number of rotatable bonds is 7. The summed E-state index contributed by atoms with van der Waals surface area (Å²) in [6.07, 6.45) is 6.78. The van der Waals surface area contributed by atoms with E-state index in [1.807, 2.05) is 0 Å². The molecule has 1 amide bonds. The zero-order valence-electron chi connectivity index (χ0n) is 13.6. The standard InChI is InChI=1S/C18H25NO4/c1-23-11-10-18(8-3-2-4-9-18)13-19-16(20)14-6-5-7-15(12-14)17(21)22/h5-7,12H,2-4,8-11,13H2,1H3,(H,19,20)(H,21,22). The van der Waals surface area contributed by atoms with Crippen molar-refractivity contribution in [2.45, 2.75) is 38.5 Å². The minimum atomic E-state index is -1.02. The molecule has 5 heteroatoms. The minimum absolute atomic E-state index is 0.105. The van der Waals surface area contributed by atoms with Gasteiger partial charge in [-0.1, -0.05) is 25.3 Å². The molecule has 2 N–H and O–H groups in total. The Balaban J connectivity index is 2.00. The zero-order chi connectivity index (χ0) is 16.7. The van der Waals surface area contributed by atoms with Gasteiger partial charge in [0.05, 0.1) is 5.56 Å². The van der Waals surface area contributed by atoms with E-state index in [1.54, 1.807) is 19.2 Å². The maximum Gasteiger partial charge on any atom is 0.335 e. The minimum Gasteiger partial charge on any atom is -0.478 e. The lowest BCUT2D eigenvalue weighted by molar-refractivity contribution is 0.0697. The van der Waals surface area contributed by atoms with Gasteiger partial charge >= 0.3 is 5.97 Å². The smallest absolute Gasteiger partial charge is 0.335 e. The summed E-state index contributed by atoms with van der Waals surface area (Å²) in [5, 5.41) is 12.0. The number of amides is 1. The molecule has 0 unspecified atom stereocenters. The highest BCUT2D eigenvalue weighted by molar-refractivity contribution is 5.97. The molecule has 0 spiro atoms. The normalized spacial score (nSPS) is 16.7. The fraction of sp³-hybridized carbons (Fsp3) is 0.556. The molecule has 0 aliphatic heterocycles. The third-order valence-corrected chi connectivity index (χ3v) is 4.75. The third kappa shape index (κ3) is 4.79. The van der Waals surface area contributed by atoms with Gasteiger partial charge in [0.25, 0.3) is 5.91 Å². The molecular formula is C18H25NO4. The summed E-state index contributed by atoms with van der Waals surface area (Å²) in [5.74, 6) is -1.24. The molecule has 126 valence electrons. The number of carboxylic acid groups (broad SMARTS) is 1. The van der Waals surface area contributed by atoms with Crippen LogP contribution in [0.5, 0.6) is 0 Å². The second-order valence-electron chi connectivity index (χ2n) is 6.37. The molecule has 1 aromatic rings. The van der Waals surface area contributed by atoms with Crippen molar-refractivity contribution in [1.29, 1.82) is 0 Å². The Kier molecular flexibility index (Phi) is 6.16. The summed E-state index contributed by atoms with van der Waals surface area (Å²) in [7, 11) is 1.70. The Hall–Kier alpha value is -1.88. The van der Waals surface area contributed by atoms with Crippen molar-refractivity contribution in [3.8, 4) is 0 Å². The highest BCUT2D eigenvalue weighted by Gasteiger charge is 2.32. The van der Waals surface area contributed by atoms with Crippen molar-refractivity contribution in [3.05, 3.63) is 35.4 Å². The van der Waals surface area contributed by atoms with Crippen LogP contribution in [0.25, 0.3) is 0 Å². The van der Waals surface area contributed by atoms with E-state index >= 15 is 0 Å². The van der Waals surface area contributed by atoms with Crippen LogP contribution in [0.2, 0.25) is 0 Å². The molecule has 0 radical (unpaired) electrons. The summed E-state index contributed by atoms with van der Waals surface area (Å²) in [6.45, 7) is 1.32. The van der Waals surface area contributed by atoms with Crippen LogP contribution < -0.4 is 5.32 Å². The molecule has 1 aromatic carbocycles. The SMILES string of the molecule is COCCC1(CNC(=O)c2cccc(C(=O)O)c2)CCCCC1. The van der Waals surface area contributed by atoms with Gasteiger partial charge in [-0.15, -0.1) is 0 Å². The molecule has 0 saturated heterocycles. The maximum atomic E-state index is 12.3. The van der Waals surface area contributed by atoms with Crippen LogP contribution in [0.4, 0.5) is 0 Å². The van der Waals surface area contributed by atoms with Gasteiger partial charge in [0.2, 0.25) is 0 Å². The highest BCUT2D eigenvalue weighted by Crippen LogP contribution is 2.38. The van der Waals surface area contributed by atoms with Gasteiger partial charge in [0.15, 0.2) is 0 Å². The summed E-state index contributed by atoms with van der Waals surface area (Å²) >= 11 is 0. The number of hydrogen-bond acceptors (Lipinski definition) is 3. The number of hydrogen-bond donors (Lipinski definition) is 2. The lowest BCUT2D eigenvalue weighted by Gasteiger charge is -2.37. The zero-order valence-corrected chi connectivity index (χ0v) is 13.6. The lowest BCUT2D eigenvalue weighted by atomic mass is 9.72. The third-order valence-electron chi connectivity index (χ3n) is 4.75. The van der Waals surface area contributed by atoms with Gasteiger partial charge in [0.1, 0.15) is 0 Å². The summed E-state index contributed by atoms with van der Waals surface area (Å²) < 4.78 is 5.23. The van der Waals surface area contributed by atoms with Crippen LogP contribution in [-0.2, 0) is 4.74 Å². The Morgan fingerprint density at radius 2 is 1.91 bits per heavy atom. The number of nitrogens with one attached hydrogen (secondary N) is 1. The fourth-order valence-corrected chi connectivity index (χ4v) is 3.30. The van der Waals surface area contributed by atoms with E-state index < -0.39 is 5.97 Å². The lowest BCUT2D eigenvalue weighted by Crippen LogP contribution is -2.39. The molecule has 1 aliphatic rings. The molecule has 1 saturated carbocycles. The first-order valence-electron chi connectivity index (χ1n) is 8.17. The molecular weight excluding hydrogens is 294 g/mol. The molecule has 23 heavy (non-hydrogen) atoms. The average molecular weight is 319 g/mol. The molecule has 0 bridgehead atoms. The van der Waals surface area contributed by atoms with E-state index in [9.17, 15) is 9.59 Å². The van der Waals surface area contributed by atoms with E-state index in [1.165, 1.54) is 31.4 Å². The van der Waals surface area contributed by atoms with Gasteiger partial charge in [-0.05, 0) is 42.9 Å². The second kappa shape index (κ2) is 8.11. The first-order chi connectivity index (χ1) is 11.1. The molecule has 1 fully saturated rings. The topological polar surface area (TPSA) is 75.6 Å². The molecule has 0 atom stereocenters. The Labute approximate surface area is 137 Å². The predicted molar refractivity (Wildman–Crippen MR) is 87.7 cm³/mol. The monoisotopic (exact) mass is 319 g/mol. The van der Waals surface area contributed by atoms with Crippen LogP contribution in [0, 0.1) is 5.41 Å². The number of aromatic carboxylic acids is 1. The van der Waals surface area contributed by atoms with Crippen LogP contribution in [0.1, 0.15) is 59.2 Å². The van der Waals surface area contributed by atoms with Gasteiger partial charge in [-0.3, -0.25) is 4.79 Å². The Morgan fingerprint density at radius 1 is 1.22 bits per heavy atom. The molecule has 5 nitrogen and oxygen atoms in total. The van der Waals surface area contributed by atoms with E-state index in [4.69, 9.17) is 9.84 Å². The van der Waals surface area contributed by atoms with Crippen molar-refractivity contribution in [2.75, 3.05) is 20.3 Å². The largest absolute Gasteiger partial charge is 0.478 e. The number of carboxylic acids is 1. The van der Waals surface area contributed by atoms with Gasteiger partial charge < -0.3 is 15.2 Å².